The molecule has 0 N–H and O–H groups in total. The number of amides is 1. The average molecular weight is 413 g/mol. The first kappa shape index (κ1) is 23.4. The van der Waals surface area contributed by atoms with Crippen molar-refractivity contribution in [1.82, 2.24) is 4.90 Å². The number of hydrogen-bond donors (Lipinski definition) is 0. The molecule has 0 aromatic heterocycles. The third-order valence-corrected chi connectivity index (χ3v) is 4.94. The van der Waals surface area contributed by atoms with Gasteiger partial charge >= 0.3 is 5.97 Å². The largest absolute Gasteiger partial charge is 0.494 e. The van der Waals surface area contributed by atoms with Crippen molar-refractivity contribution in [2.24, 2.45) is 0 Å². The number of esters is 1. The molecular weight excluding hydrogens is 380 g/mol. The molecule has 6 nitrogen and oxygen atoms in total. The van der Waals surface area contributed by atoms with Crippen molar-refractivity contribution in [2.75, 3.05) is 37.7 Å². The topological polar surface area (TPSA) is 59.1 Å². The summed E-state index contributed by atoms with van der Waals surface area (Å²) in [5, 5.41) is 0. The minimum absolute atomic E-state index is 0.257. The van der Waals surface area contributed by atoms with Gasteiger partial charge in [0.2, 0.25) is 0 Å². The van der Waals surface area contributed by atoms with Crippen molar-refractivity contribution in [3.63, 3.8) is 0 Å². The summed E-state index contributed by atoms with van der Waals surface area (Å²) < 4.78 is 11.0. The van der Waals surface area contributed by atoms with Crippen LogP contribution in [0.3, 0.4) is 0 Å². The number of anilines is 1. The zero-order chi connectivity index (χ0) is 21.9. The Morgan fingerprint density at radius 2 is 1.57 bits per heavy atom. The van der Waals surface area contributed by atoms with Gasteiger partial charge in [-0.1, -0.05) is 32.0 Å². The van der Waals surface area contributed by atoms with Gasteiger partial charge in [0.15, 0.2) is 0 Å². The average Bonchev–Trinajstić information content (AvgIpc) is 2.78. The summed E-state index contributed by atoms with van der Waals surface area (Å²) in [4.78, 5) is 29.7. The van der Waals surface area contributed by atoms with Crippen LogP contribution < -0.4 is 9.64 Å². The fourth-order valence-corrected chi connectivity index (χ4v) is 3.15. The zero-order valence-electron chi connectivity index (χ0n) is 18.3. The summed E-state index contributed by atoms with van der Waals surface area (Å²) in [6.45, 7) is 11.1. The lowest BCUT2D eigenvalue weighted by Gasteiger charge is -2.28. The van der Waals surface area contributed by atoms with Crippen LogP contribution in [0.2, 0.25) is 0 Å². The van der Waals surface area contributed by atoms with E-state index < -0.39 is 12.0 Å². The summed E-state index contributed by atoms with van der Waals surface area (Å²) in [6, 6.07) is 15.3. The molecule has 2 aromatic carbocycles. The SMILES string of the molecule is CCOc1ccc(N(C(=O)c2ccccc2)[C@@H](C)C(=O)OCCN(CC)CC)cc1. The molecule has 0 unspecified atom stereocenters. The molecule has 0 heterocycles. The van der Waals surface area contributed by atoms with Crippen LogP contribution in [0.1, 0.15) is 38.1 Å². The molecule has 2 aromatic rings. The van der Waals surface area contributed by atoms with Crippen molar-refractivity contribution >= 4 is 17.6 Å². The Morgan fingerprint density at radius 1 is 0.933 bits per heavy atom. The number of nitrogens with zero attached hydrogens (tertiary/aromatic N) is 2. The van der Waals surface area contributed by atoms with Gasteiger partial charge in [-0.15, -0.1) is 0 Å². The van der Waals surface area contributed by atoms with Gasteiger partial charge in [-0.05, 0) is 63.3 Å². The number of carbonyl (C=O) groups is 2. The van der Waals surface area contributed by atoms with E-state index in [9.17, 15) is 9.59 Å². The highest BCUT2D eigenvalue weighted by Gasteiger charge is 2.29. The van der Waals surface area contributed by atoms with Gasteiger partial charge in [0, 0.05) is 17.8 Å². The van der Waals surface area contributed by atoms with Crippen LogP contribution in [0.15, 0.2) is 54.6 Å². The van der Waals surface area contributed by atoms with Gasteiger partial charge in [-0.3, -0.25) is 9.69 Å². The molecule has 0 aliphatic rings. The van der Waals surface area contributed by atoms with E-state index in [1.807, 2.05) is 13.0 Å². The number of hydrogen-bond acceptors (Lipinski definition) is 5. The summed E-state index contributed by atoms with van der Waals surface area (Å²) in [7, 11) is 0. The second-order valence-corrected chi connectivity index (χ2v) is 6.84. The fourth-order valence-electron chi connectivity index (χ4n) is 3.15. The molecule has 0 saturated carbocycles. The van der Waals surface area contributed by atoms with Crippen molar-refractivity contribution in [1.29, 1.82) is 0 Å². The molecular formula is C24H32N2O4. The molecule has 0 bridgehead atoms. The van der Waals surface area contributed by atoms with Gasteiger partial charge in [0.1, 0.15) is 18.4 Å². The molecule has 1 amide bonds. The maximum absolute atomic E-state index is 13.3. The van der Waals surface area contributed by atoms with Crippen molar-refractivity contribution in [3.8, 4) is 5.75 Å². The van der Waals surface area contributed by atoms with Crippen LogP contribution in [-0.2, 0) is 9.53 Å². The van der Waals surface area contributed by atoms with Gasteiger partial charge in [0.25, 0.3) is 5.91 Å². The second-order valence-electron chi connectivity index (χ2n) is 6.84. The van der Waals surface area contributed by atoms with Crippen LogP contribution in [0.4, 0.5) is 5.69 Å². The number of benzene rings is 2. The molecule has 0 aliphatic carbocycles. The monoisotopic (exact) mass is 412 g/mol. The summed E-state index contributed by atoms with van der Waals surface area (Å²) in [5.41, 5.74) is 1.12. The first-order chi connectivity index (χ1) is 14.5. The van der Waals surface area contributed by atoms with Gasteiger partial charge in [-0.2, -0.15) is 0 Å². The molecule has 162 valence electrons. The number of ether oxygens (including phenoxy) is 2. The highest BCUT2D eigenvalue weighted by Crippen LogP contribution is 2.24. The lowest BCUT2D eigenvalue weighted by Crippen LogP contribution is -2.45. The molecule has 0 aliphatic heterocycles. The van der Waals surface area contributed by atoms with E-state index in [2.05, 4.69) is 18.7 Å². The summed E-state index contributed by atoms with van der Waals surface area (Å²) in [5.74, 6) is 0.0242. The van der Waals surface area contributed by atoms with E-state index >= 15 is 0 Å². The Balaban J connectivity index is 2.21. The van der Waals surface area contributed by atoms with Gasteiger partial charge in [-0.25, -0.2) is 4.79 Å². The molecule has 0 radical (unpaired) electrons. The summed E-state index contributed by atoms with van der Waals surface area (Å²) in [6.07, 6.45) is 0. The van der Waals surface area contributed by atoms with Crippen molar-refractivity contribution < 1.29 is 19.1 Å². The quantitative estimate of drug-likeness (QED) is 0.522. The minimum atomic E-state index is -0.771. The molecule has 6 heteroatoms. The minimum Gasteiger partial charge on any atom is -0.494 e. The third kappa shape index (κ3) is 6.32. The second kappa shape index (κ2) is 12.0. The third-order valence-electron chi connectivity index (χ3n) is 4.94. The van der Waals surface area contributed by atoms with Crippen LogP contribution in [0, 0.1) is 0 Å². The molecule has 1 atom stereocenters. The molecule has 0 spiro atoms. The number of likely N-dealkylation sites (N-methyl/N-ethyl adjacent to an activating group) is 1. The van der Waals surface area contributed by atoms with E-state index in [0.717, 1.165) is 13.1 Å². The molecule has 0 saturated heterocycles. The first-order valence-electron chi connectivity index (χ1n) is 10.5. The van der Waals surface area contributed by atoms with Gasteiger partial charge < -0.3 is 14.4 Å². The van der Waals surface area contributed by atoms with Crippen molar-refractivity contribution in [3.05, 3.63) is 60.2 Å². The lowest BCUT2D eigenvalue weighted by molar-refractivity contribution is -0.145. The van der Waals surface area contributed by atoms with Crippen molar-refractivity contribution in [2.45, 2.75) is 33.7 Å². The zero-order valence-corrected chi connectivity index (χ0v) is 18.3. The normalized spacial score (nSPS) is 11.8. The maximum atomic E-state index is 13.3. The molecule has 0 fully saturated rings. The Labute approximate surface area is 179 Å². The van der Waals surface area contributed by atoms with Crippen LogP contribution in [0.25, 0.3) is 0 Å². The van der Waals surface area contributed by atoms with E-state index in [1.54, 1.807) is 55.5 Å². The highest BCUT2D eigenvalue weighted by atomic mass is 16.5. The van der Waals surface area contributed by atoms with Crippen LogP contribution >= 0.6 is 0 Å². The smallest absolute Gasteiger partial charge is 0.329 e. The number of rotatable bonds is 11. The van der Waals surface area contributed by atoms with E-state index in [4.69, 9.17) is 9.47 Å². The van der Waals surface area contributed by atoms with E-state index in [0.29, 0.717) is 36.8 Å². The Bertz CT molecular complexity index is 789. The Kier molecular flexibility index (Phi) is 9.35. The predicted molar refractivity (Wildman–Crippen MR) is 119 cm³/mol. The fraction of sp³-hybridized carbons (Fsp3) is 0.417. The highest BCUT2D eigenvalue weighted by molar-refractivity contribution is 6.09. The van der Waals surface area contributed by atoms with Crippen LogP contribution in [-0.4, -0.2) is 55.7 Å². The Hall–Kier alpha value is -2.86. The summed E-state index contributed by atoms with van der Waals surface area (Å²) >= 11 is 0. The van der Waals surface area contributed by atoms with Gasteiger partial charge in [0.05, 0.1) is 6.61 Å². The lowest BCUT2D eigenvalue weighted by atomic mass is 10.1. The van der Waals surface area contributed by atoms with E-state index in [-0.39, 0.29) is 5.91 Å². The number of carbonyl (C=O) groups excluding carboxylic acids is 2. The predicted octanol–water partition coefficient (Wildman–Crippen LogP) is 4.01. The van der Waals surface area contributed by atoms with E-state index in [1.165, 1.54) is 4.90 Å². The Morgan fingerprint density at radius 3 is 2.13 bits per heavy atom. The standard InChI is InChI=1S/C24H32N2O4/c1-5-25(6-2)17-18-30-24(28)19(4)26(23(27)20-11-9-8-10-12-20)21-13-15-22(16-14-21)29-7-3/h8-16,19H,5-7,17-18H2,1-4H3/t19-/m0/s1. The van der Waals surface area contributed by atoms with Crippen LogP contribution in [0.5, 0.6) is 5.75 Å². The molecule has 30 heavy (non-hydrogen) atoms. The molecule has 2 rings (SSSR count). The first-order valence-corrected chi connectivity index (χ1v) is 10.5. The maximum Gasteiger partial charge on any atom is 0.329 e.